The third-order valence-electron chi connectivity index (χ3n) is 4.81. The van der Waals surface area contributed by atoms with Crippen LogP contribution in [0.3, 0.4) is 0 Å². The van der Waals surface area contributed by atoms with E-state index in [-0.39, 0.29) is 11.9 Å². The van der Waals surface area contributed by atoms with Crippen molar-refractivity contribution in [3.05, 3.63) is 42.2 Å². The Bertz CT molecular complexity index is 768. The van der Waals surface area contributed by atoms with E-state index in [1.807, 2.05) is 37.1 Å². The Balaban J connectivity index is 1.77. The summed E-state index contributed by atoms with van der Waals surface area (Å²) in [6.45, 7) is 4.32. The second-order valence-electron chi connectivity index (χ2n) is 6.81. The van der Waals surface area contributed by atoms with Crippen molar-refractivity contribution in [3.8, 4) is 0 Å². The fourth-order valence-electron chi connectivity index (χ4n) is 3.49. The van der Waals surface area contributed by atoms with Gasteiger partial charge < -0.3 is 20.3 Å². The maximum absolute atomic E-state index is 12.1. The van der Waals surface area contributed by atoms with E-state index in [1.165, 1.54) is 11.9 Å². The predicted octanol–water partition coefficient (Wildman–Crippen LogP) is 2.47. The Morgan fingerprint density at radius 2 is 2.11 bits per heavy atom. The van der Waals surface area contributed by atoms with Gasteiger partial charge in [0, 0.05) is 26.7 Å². The van der Waals surface area contributed by atoms with Crippen LogP contribution in [0.5, 0.6) is 0 Å². The first kappa shape index (κ1) is 18.9. The second kappa shape index (κ2) is 8.70. The lowest BCUT2D eigenvalue weighted by atomic mass is 9.98. The van der Waals surface area contributed by atoms with E-state index in [0.29, 0.717) is 37.0 Å². The number of hydrogen-bond acceptors (Lipinski definition) is 7. The molecule has 7 heteroatoms. The van der Waals surface area contributed by atoms with Crippen LogP contribution in [0.15, 0.2) is 36.7 Å². The van der Waals surface area contributed by atoms with Gasteiger partial charge in [-0.3, -0.25) is 4.79 Å². The van der Waals surface area contributed by atoms with E-state index in [9.17, 15) is 4.79 Å². The third kappa shape index (κ3) is 4.48. The monoisotopic (exact) mass is 369 g/mol. The number of nitrogens with zero attached hydrogens (tertiary/aromatic N) is 4. The van der Waals surface area contributed by atoms with Gasteiger partial charge in [0.15, 0.2) is 11.6 Å². The Morgan fingerprint density at radius 3 is 2.85 bits per heavy atom. The molecule has 2 N–H and O–H groups in total. The normalized spacial score (nSPS) is 16.8. The van der Waals surface area contributed by atoms with E-state index in [4.69, 9.17) is 10.5 Å². The molecular weight excluding hydrogens is 342 g/mol. The number of aromatic nitrogens is 2. The van der Waals surface area contributed by atoms with Gasteiger partial charge in [0.1, 0.15) is 12.0 Å². The predicted molar refractivity (Wildman–Crippen MR) is 107 cm³/mol. The molecule has 1 aliphatic heterocycles. The van der Waals surface area contributed by atoms with Crippen LogP contribution in [0, 0.1) is 5.92 Å². The fraction of sp³-hybridized carbons (Fsp3) is 0.450. The fourth-order valence-corrected chi connectivity index (χ4v) is 3.49. The largest absolute Gasteiger partial charge is 0.466 e. The van der Waals surface area contributed by atoms with Crippen LogP contribution in [0.2, 0.25) is 0 Å². The quantitative estimate of drug-likeness (QED) is 0.783. The van der Waals surface area contributed by atoms with E-state index >= 15 is 0 Å². The van der Waals surface area contributed by atoms with Crippen molar-refractivity contribution >= 4 is 23.3 Å². The SMILES string of the molecule is CCOC(=O)C1CCCN(c2ncnc(N(C)Cc3ccccc3)c2N)C1. The summed E-state index contributed by atoms with van der Waals surface area (Å²) in [4.78, 5) is 25.0. The van der Waals surface area contributed by atoms with Crippen LogP contribution in [0.4, 0.5) is 17.3 Å². The number of nitrogen functional groups attached to an aromatic ring is 1. The summed E-state index contributed by atoms with van der Waals surface area (Å²) >= 11 is 0. The number of hydrogen-bond donors (Lipinski definition) is 1. The summed E-state index contributed by atoms with van der Waals surface area (Å²) in [6.07, 6.45) is 3.28. The van der Waals surface area contributed by atoms with Crippen molar-refractivity contribution < 1.29 is 9.53 Å². The third-order valence-corrected chi connectivity index (χ3v) is 4.81. The summed E-state index contributed by atoms with van der Waals surface area (Å²) in [5, 5.41) is 0. The average Bonchev–Trinajstić information content (AvgIpc) is 2.69. The summed E-state index contributed by atoms with van der Waals surface area (Å²) < 4.78 is 5.19. The molecule has 144 valence electrons. The first-order valence-electron chi connectivity index (χ1n) is 9.37. The lowest BCUT2D eigenvalue weighted by Crippen LogP contribution is -2.40. The molecule has 0 radical (unpaired) electrons. The van der Waals surface area contributed by atoms with Crippen LogP contribution in [-0.4, -0.2) is 42.7 Å². The van der Waals surface area contributed by atoms with Crippen molar-refractivity contribution in [2.45, 2.75) is 26.3 Å². The molecule has 1 aromatic carbocycles. The van der Waals surface area contributed by atoms with Crippen molar-refractivity contribution in [1.29, 1.82) is 0 Å². The number of nitrogens with two attached hydrogens (primary N) is 1. The van der Waals surface area contributed by atoms with Gasteiger partial charge >= 0.3 is 5.97 Å². The number of rotatable bonds is 6. The Kier molecular flexibility index (Phi) is 6.11. The van der Waals surface area contributed by atoms with E-state index in [0.717, 1.165) is 19.4 Å². The van der Waals surface area contributed by atoms with Gasteiger partial charge in [0.2, 0.25) is 0 Å². The summed E-state index contributed by atoms with van der Waals surface area (Å²) in [7, 11) is 1.97. The highest BCUT2D eigenvalue weighted by atomic mass is 16.5. The van der Waals surface area contributed by atoms with E-state index in [2.05, 4.69) is 27.0 Å². The first-order valence-corrected chi connectivity index (χ1v) is 9.37. The topological polar surface area (TPSA) is 84.6 Å². The van der Waals surface area contributed by atoms with Gasteiger partial charge in [-0.2, -0.15) is 0 Å². The molecule has 1 fully saturated rings. The van der Waals surface area contributed by atoms with Gasteiger partial charge in [-0.1, -0.05) is 30.3 Å². The van der Waals surface area contributed by atoms with Crippen molar-refractivity contribution in [2.75, 3.05) is 42.3 Å². The highest BCUT2D eigenvalue weighted by Gasteiger charge is 2.29. The van der Waals surface area contributed by atoms with Crippen molar-refractivity contribution in [2.24, 2.45) is 5.92 Å². The van der Waals surface area contributed by atoms with Gasteiger partial charge in [-0.05, 0) is 25.3 Å². The molecule has 3 rings (SSSR count). The molecule has 1 aliphatic rings. The molecule has 0 saturated carbocycles. The molecule has 27 heavy (non-hydrogen) atoms. The Morgan fingerprint density at radius 1 is 1.33 bits per heavy atom. The molecule has 1 saturated heterocycles. The standard InChI is InChI=1S/C20H27N5O2/c1-3-27-20(26)16-10-7-11-25(13-16)19-17(21)18(22-14-23-19)24(2)12-15-8-5-4-6-9-15/h4-6,8-9,14,16H,3,7,10-13,21H2,1-2H3. The lowest BCUT2D eigenvalue weighted by Gasteiger charge is -2.33. The molecule has 1 unspecified atom stereocenters. The number of carbonyl (C=O) groups excluding carboxylic acids is 1. The number of anilines is 3. The highest BCUT2D eigenvalue weighted by Crippen LogP contribution is 2.32. The molecule has 0 amide bonds. The molecule has 0 bridgehead atoms. The number of esters is 1. The van der Waals surface area contributed by atoms with Crippen LogP contribution < -0.4 is 15.5 Å². The Hall–Kier alpha value is -2.83. The molecule has 0 aliphatic carbocycles. The van der Waals surface area contributed by atoms with Crippen LogP contribution in [0.1, 0.15) is 25.3 Å². The van der Waals surface area contributed by atoms with Crippen molar-refractivity contribution in [3.63, 3.8) is 0 Å². The molecule has 2 aromatic rings. The molecule has 1 aromatic heterocycles. The van der Waals surface area contributed by atoms with Gasteiger partial charge in [0.05, 0.1) is 12.5 Å². The minimum atomic E-state index is -0.142. The maximum atomic E-state index is 12.1. The van der Waals surface area contributed by atoms with Gasteiger partial charge in [-0.15, -0.1) is 0 Å². The average molecular weight is 369 g/mol. The first-order chi connectivity index (χ1) is 13.1. The van der Waals surface area contributed by atoms with Crippen LogP contribution in [0.25, 0.3) is 0 Å². The van der Waals surface area contributed by atoms with Crippen LogP contribution >= 0.6 is 0 Å². The summed E-state index contributed by atoms with van der Waals surface area (Å²) in [6, 6.07) is 10.2. The minimum Gasteiger partial charge on any atom is -0.466 e. The number of ether oxygens (including phenoxy) is 1. The summed E-state index contributed by atoms with van der Waals surface area (Å²) in [5.41, 5.74) is 8.15. The zero-order valence-corrected chi connectivity index (χ0v) is 16.0. The van der Waals surface area contributed by atoms with E-state index < -0.39 is 0 Å². The maximum Gasteiger partial charge on any atom is 0.310 e. The number of carbonyl (C=O) groups is 1. The van der Waals surface area contributed by atoms with Gasteiger partial charge in [-0.25, -0.2) is 9.97 Å². The molecule has 1 atom stereocenters. The zero-order chi connectivity index (χ0) is 19.2. The second-order valence-corrected chi connectivity index (χ2v) is 6.81. The zero-order valence-electron chi connectivity index (χ0n) is 16.0. The molecule has 0 spiro atoms. The smallest absolute Gasteiger partial charge is 0.310 e. The minimum absolute atomic E-state index is 0.140. The Labute approximate surface area is 160 Å². The summed E-state index contributed by atoms with van der Waals surface area (Å²) in [5.74, 6) is 1.10. The number of benzene rings is 1. The van der Waals surface area contributed by atoms with Gasteiger partial charge in [0.25, 0.3) is 0 Å². The number of piperidine rings is 1. The highest BCUT2D eigenvalue weighted by molar-refractivity contribution is 5.77. The van der Waals surface area contributed by atoms with Crippen LogP contribution in [-0.2, 0) is 16.1 Å². The van der Waals surface area contributed by atoms with Crippen molar-refractivity contribution in [1.82, 2.24) is 9.97 Å². The lowest BCUT2D eigenvalue weighted by molar-refractivity contribution is -0.148. The van der Waals surface area contributed by atoms with E-state index in [1.54, 1.807) is 0 Å². The molecule has 7 nitrogen and oxygen atoms in total. The molecule has 2 heterocycles. The molecular formula is C20H27N5O2.